The van der Waals surface area contributed by atoms with Crippen LogP contribution in [0, 0.1) is 17.0 Å². The zero-order valence-electron chi connectivity index (χ0n) is 7.91. The molecule has 13 heavy (non-hydrogen) atoms. The third-order valence-corrected chi connectivity index (χ3v) is 1.95. The van der Waals surface area contributed by atoms with Crippen molar-refractivity contribution in [2.45, 2.75) is 26.7 Å². The van der Waals surface area contributed by atoms with Gasteiger partial charge in [0, 0.05) is 11.6 Å². The monoisotopic (exact) mass is 179 g/mol. The zero-order chi connectivity index (χ0) is 9.84. The molecule has 0 saturated heterocycles. The number of nitro groups is 1. The number of benzene rings is 1. The molecule has 0 aromatic heterocycles. The lowest BCUT2D eigenvalue weighted by Crippen LogP contribution is -1.95. The molecular weight excluding hydrogens is 166 g/mol. The molecule has 0 bridgehead atoms. The van der Waals surface area contributed by atoms with E-state index in [1.54, 1.807) is 12.1 Å². The Kier molecular flexibility index (Phi) is 3.01. The second kappa shape index (κ2) is 4.03. The molecule has 3 nitrogen and oxygen atoms in total. The van der Waals surface area contributed by atoms with Gasteiger partial charge >= 0.3 is 0 Å². The van der Waals surface area contributed by atoms with Crippen LogP contribution in [0.5, 0.6) is 0 Å². The van der Waals surface area contributed by atoms with Crippen molar-refractivity contribution in [2.24, 2.45) is 0 Å². The van der Waals surface area contributed by atoms with Crippen LogP contribution in [0.3, 0.4) is 0 Å². The van der Waals surface area contributed by atoms with Crippen molar-refractivity contribution in [3.63, 3.8) is 0 Å². The highest BCUT2D eigenvalue weighted by Crippen LogP contribution is 2.20. The topological polar surface area (TPSA) is 43.1 Å². The Bertz CT molecular complexity index is 321. The van der Waals surface area contributed by atoms with E-state index in [9.17, 15) is 10.1 Å². The fraction of sp³-hybridized carbons (Fsp3) is 0.400. The van der Waals surface area contributed by atoms with Crippen LogP contribution in [-0.4, -0.2) is 4.92 Å². The molecule has 1 aromatic rings. The predicted molar refractivity (Wildman–Crippen MR) is 51.8 cm³/mol. The van der Waals surface area contributed by atoms with Gasteiger partial charge in [0.05, 0.1) is 4.92 Å². The van der Waals surface area contributed by atoms with Crippen LogP contribution in [0.4, 0.5) is 5.69 Å². The number of rotatable bonds is 3. The third-order valence-electron chi connectivity index (χ3n) is 1.95. The van der Waals surface area contributed by atoms with Crippen LogP contribution in [-0.2, 0) is 6.42 Å². The maximum atomic E-state index is 10.6. The molecule has 3 heteroatoms. The highest BCUT2D eigenvalue weighted by Gasteiger charge is 2.11. The molecule has 0 saturated carbocycles. The molecule has 0 fully saturated rings. The van der Waals surface area contributed by atoms with E-state index in [1.807, 2.05) is 19.9 Å². The summed E-state index contributed by atoms with van der Waals surface area (Å²) >= 11 is 0. The van der Waals surface area contributed by atoms with E-state index in [2.05, 4.69) is 0 Å². The lowest BCUT2D eigenvalue weighted by Gasteiger charge is -2.01. The third kappa shape index (κ3) is 2.28. The van der Waals surface area contributed by atoms with Crippen LogP contribution in [0.15, 0.2) is 18.2 Å². The van der Waals surface area contributed by atoms with Crippen molar-refractivity contribution >= 4 is 5.69 Å². The highest BCUT2D eigenvalue weighted by atomic mass is 16.6. The van der Waals surface area contributed by atoms with Gasteiger partial charge in [0.15, 0.2) is 0 Å². The fourth-order valence-corrected chi connectivity index (χ4v) is 1.36. The van der Waals surface area contributed by atoms with Crippen LogP contribution in [0.25, 0.3) is 0 Å². The van der Waals surface area contributed by atoms with Gasteiger partial charge in [-0.05, 0) is 19.4 Å². The van der Waals surface area contributed by atoms with Crippen molar-refractivity contribution < 1.29 is 4.92 Å². The summed E-state index contributed by atoms with van der Waals surface area (Å²) < 4.78 is 0. The highest BCUT2D eigenvalue weighted by molar-refractivity contribution is 5.42. The predicted octanol–water partition coefficient (Wildman–Crippen LogP) is 2.86. The number of nitrogens with zero attached hydrogens (tertiary/aromatic N) is 1. The van der Waals surface area contributed by atoms with Crippen molar-refractivity contribution in [3.8, 4) is 0 Å². The Hall–Kier alpha value is -1.38. The van der Waals surface area contributed by atoms with E-state index >= 15 is 0 Å². The SMILES string of the molecule is CCCc1cc(C)ccc1[N+](=O)[O-]. The molecule has 70 valence electrons. The second-order valence-corrected chi connectivity index (χ2v) is 3.14. The van der Waals surface area contributed by atoms with E-state index in [0.717, 1.165) is 24.0 Å². The van der Waals surface area contributed by atoms with Gasteiger partial charge in [-0.1, -0.05) is 25.0 Å². The first-order chi connectivity index (χ1) is 6.15. The molecule has 0 atom stereocenters. The minimum atomic E-state index is -0.315. The Labute approximate surface area is 77.5 Å². The summed E-state index contributed by atoms with van der Waals surface area (Å²) in [7, 11) is 0. The van der Waals surface area contributed by atoms with Gasteiger partial charge in [0.1, 0.15) is 0 Å². The maximum absolute atomic E-state index is 10.6. The smallest absolute Gasteiger partial charge is 0.258 e. The lowest BCUT2D eigenvalue weighted by atomic mass is 10.1. The summed E-state index contributed by atoms with van der Waals surface area (Å²) in [5, 5.41) is 10.6. The van der Waals surface area contributed by atoms with Crippen molar-refractivity contribution in [2.75, 3.05) is 0 Å². The van der Waals surface area contributed by atoms with Crippen LogP contribution >= 0.6 is 0 Å². The summed E-state index contributed by atoms with van der Waals surface area (Å²) in [6, 6.07) is 5.25. The van der Waals surface area contributed by atoms with Gasteiger partial charge in [-0.15, -0.1) is 0 Å². The minimum absolute atomic E-state index is 0.243. The average molecular weight is 179 g/mol. The fourth-order valence-electron chi connectivity index (χ4n) is 1.36. The number of nitro benzene ring substituents is 1. The molecule has 1 aromatic carbocycles. The number of hydrogen-bond acceptors (Lipinski definition) is 2. The quantitative estimate of drug-likeness (QED) is 0.529. The minimum Gasteiger partial charge on any atom is -0.258 e. The Balaban J connectivity index is 3.10. The lowest BCUT2D eigenvalue weighted by molar-refractivity contribution is -0.385. The van der Waals surface area contributed by atoms with Gasteiger partial charge in [-0.3, -0.25) is 10.1 Å². The van der Waals surface area contributed by atoms with E-state index in [-0.39, 0.29) is 10.6 Å². The Morgan fingerprint density at radius 3 is 2.69 bits per heavy atom. The molecule has 0 heterocycles. The summed E-state index contributed by atoms with van der Waals surface area (Å²) in [6.07, 6.45) is 1.71. The van der Waals surface area contributed by atoms with E-state index in [0.29, 0.717) is 0 Å². The maximum Gasteiger partial charge on any atom is 0.272 e. The first-order valence-electron chi connectivity index (χ1n) is 4.39. The van der Waals surface area contributed by atoms with Crippen LogP contribution in [0.1, 0.15) is 24.5 Å². The first kappa shape index (κ1) is 9.71. The van der Waals surface area contributed by atoms with Crippen molar-refractivity contribution in [3.05, 3.63) is 39.4 Å². The van der Waals surface area contributed by atoms with E-state index in [1.165, 1.54) is 0 Å². The van der Waals surface area contributed by atoms with Gasteiger partial charge in [0.25, 0.3) is 5.69 Å². The summed E-state index contributed by atoms with van der Waals surface area (Å²) in [6.45, 7) is 3.97. The Morgan fingerprint density at radius 1 is 1.46 bits per heavy atom. The number of hydrogen-bond donors (Lipinski definition) is 0. The van der Waals surface area contributed by atoms with Gasteiger partial charge in [0.2, 0.25) is 0 Å². The second-order valence-electron chi connectivity index (χ2n) is 3.14. The molecule has 0 amide bonds. The summed E-state index contributed by atoms with van der Waals surface area (Å²) in [5.41, 5.74) is 2.16. The van der Waals surface area contributed by atoms with Crippen LogP contribution < -0.4 is 0 Å². The van der Waals surface area contributed by atoms with Crippen molar-refractivity contribution in [1.82, 2.24) is 0 Å². The molecule has 0 aliphatic carbocycles. The zero-order valence-corrected chi connectivity index (χ0v) is 7.91. The first-order valence-corrected chi connectivity index (χ1v) is 4.39. The normalized spacial score (nSPS) is 10.0. The van der Waals surface area contributed by atoms with Gasteiger partial charge in [-0.25, -0.2) is 0 Å². The molecule has 0 aliphatic rings. The number of aryl methyl sites for hydroxylation is 2. The van der Waals surface area contributed by atoms with E-state index in [4.69, 9.17) is 0 Å². The average Bonchev–Trinajstić information content (AvgIpc) is 2.04. The van der Waals surface area contributed by atoms with Gasteiger partial charge < -0.3 is 0 Å². The molecule has 0 spiro atoms. The molecule has 1 rings (SSSR count). The van der Waals surface area contributed by atoms with Crippen molar-refractivity contribution in [1.29, 1.82) is 0 Å². The Morgan fingerprint density at radius 2 is 2.15 bits per heavy atom. The summed E-state index contributed by atoms with van der Waals surface area (Å²) in [4.78, 5) is 10.3. The van der Waals surface area contributed by atoms with Crippen LogP contribution in [0.2, 0.25) is 0 Å². The largest absolute Gasteiger partial charge is 0.272 e. The molecule has 0 unspecified atom stereocenters. The molecule has 0 radical (unpaired) electrons. The van der Waals surface area contributed by atoms with E-state index < -0.39 is 0 Å². The molecule has 0 N–H and O–H groups in total. The van der Waals surface area contributed by atoms with Gasteiger partial charge in [-0.2, -0.15) is 0 Å². The standard InChI is InChI=1S/C10H13NO2/c1-3-4-9-7-8(2)5-6-10(9)11(12)13/h5-7H,3-4H2,1-2H3. The molecule has 0 aliphatic heterocycles. The molecular formula is C10H13NO2. The summed E-state index contributed by atoms with van der Waals surface area (Å²) in [5.74, 6) is 0.